The predicted octanol–water partition coefficient (Wildman–Crippen LogP) is 4.97. The van der Waals surface area contributed by atoms with Gasteiger partial charge in [0.15, 0.2) is 0 Å². The van der Waals surface area contributed by atoms with E-state index >= 15 is 0 Å². The molecule has 1 fully saturated rings. The summed E-state index contributed by atoms with van der Waals surface area (Å²) >= 11 is 0. The third-order valence-electron chi connectivity index (χ3n) is 5.19. The molecule has 152 valence electrons. The lowest BCUT2D eigenvalue weighted by molar-refractivity contribution is -0.132. The Morgan fingerprint density at radius 2 is 1.80 bits per heavy atom. The Morgan fingerprint density at radius 3 is 2.43 bits per heavy atom. The molecule has 2 aromatic carbocycles. The zero-order valence-corrected chi connectivity index (χ0v) is 16.8. The van der Waals surface area contributed by atoms with Gasteiger partial charge in [0, 0.05) is 11.3 Å². The molecule has 1 atom stereocenters. The van der Waals surface area contributed by atoms with E-state index < -0.39 is 23.5 Å². The number of benzene rings is 2. The van der Waals surface area contributed by atoms with Crippen molar-refractivity contribution in [3.05, 3.63) is 94.2 Å². The molecule has 3 aromatic rings. The van der Waals surface area contributed by atoms with Gasteiger partial charge in [-0.3, -0.25) is 14.5 Å². The number of anilines is 1. The second-order valence-electron chi connectivity index (χ2n) is 7.42. The van der Waals surface area contributed by atoms with Gasteiger partial charge in [0.1, 0.15) is 29.1 Å². The van der Waals surface area contributed by atoms with E-state index in [0.717, 1.165) is 5.56 Å². The monoisotopic (exact) mass is 405 g/mol. The summed E-state index contributed by atoms with van der Waals surface area (Å²) in [6, 6.07) is 13.7. The lowest BCUT2D eigenvalue weighted by Gasteiger charge is -2.23. The summed E-state index contributed by atoms with van der Waals surface area (Å²) in [5.41, 5.74) is 1.91. The number of aliphatic hydroxyl groups is 1. The molecule has 1 aromatic heterocycles. The Bertz CT molecular complexity index is 1210. The van der Waals surface area contributed by atoms with Crippen LogP contribution in [-0.2, 0) is 9.59 Å². The summed E-state index contributed by atoms with van der Waals surface area (Å²) in [4.78, 5) is 27.3. The second-order valence-corrected chi connectivity index (χ2v) is 7.42. The van der Waals surface area contributed by atoms with E-state index in [0.29, 0.717) is 22.8 Å². The molecule has 1 saturated heterocycles. The van der Waals surface area contributed by atoms with E-state index in [-0.39, 0.29) is 16.9 Å². The number of carbonyl (C=O) groups excluding carboxylic acids is 2. The topological polar surface area (TPSA) is 70.8 Å². The first-order valence-electron chi connectivity index (χ1n) is 9.48. The molecular weight excluding hydrogens is 385 g/mol. The molecule has 0 aliphatic carbocycles. The maximum Gasteiger partial charge on any atom is 0.300 e. The molecule has 0 radical (unpaired) electrons. The zero-order chi connectivity index (χ0) is 21.6. The summed E-state index contributed by atoms with van der Waals surface area (Å²) in [5, 5.41) is 11.0. The van der Waals surface area contributed by atoms with E-state index in [1.165, 1.54) is 23.1 Å². The van der Waals surface area contributed by atoms with E-state index in [4.69, 9.17) is 4.42 Å². The molecule has 0 spiro atoms. The fraction of sp³-hybridized carbons (Fsp3) is 0.167. The number of ketones is 1. The normalized spacial score (nSPS) is 18.3. The molecule has 1 amide bonds. The average Bonchev–Trinajstić information content (AvgIpc) is 3.25. The molecule has 6 heteroatoms. The fourth-order valence-corrected chi connectivity index (χ4v) is 3.69. The minimum absolute atomic E-state index is 0.0955. The number of aryl methyl sites for hydroxylation is 3. The summed E-state index contributed by atoms with van der Waals surface area (Å²) in [7, 11) is 0. The van der Waals surface area contributed by atoms with Crippen molar-refractivity contribution in [2.75, 3.05) is 4.90 Å². The molecule has 0 bridgehead atoms. The highest BCUT2D eigenvalue weighted by Crippen LogP contribution is 2.42. The van der Waals surface area contributed by atoms with Crippen LogP contribution in [0.5, 0.6) is 0 Å². The Morgan fingerprint density at radius 1 is 1.03 bits per heavy atom. The molecule has 5 nitrogen and oxygen atoms in total. The highest BCUT2D eigenvalue weighted by atomic mass is 19.1. The third kappa shape index (κ3) is 3.20. The lowest BCUT2D eigenvalue weighted by atomic mass is 9.98. The summed E-state index contributed by atoms with van der Waals surface area (Å²) in [6.45, 7) is 5.20. The van der Waals surface area contributed by atoms with Gasteiger partial charge >= 0.3 is 0 Å². The van der Waals surface area contributed by atoms with E-state index in [1.54, 1.807) is 44.2 Å². The van der Waals surface area contributed by atoms with Crippen LogP contribution in [0.1, 0.15) is 34.3 Å². The maximum atomic E-state index is 13.7. The van der Waals surface area contributed by atoms with Gasteiger partial charge in [0.2, 0.25) is 0 Å². The maximum absolute atomic E-state index is 13.7. The van der Waals surface area contributed by atoms with Gasteiger partial charge in [0.25, 0.3) is 11.7 Å². The van der Waals surface area contributed by atoms with Crippen LogP contribution in [0.25, 0.3) is 5.76 Å². The van der Waals surface area contributed by atoms with Gasteiger partial charge < -0.3 is 9.52 Å². The minimum Gasteiger partial charge on any atom is -0.507 e. The van der Waals surface area contributed by atoms with Crippen LogP contribution in [-0.4, -0.2) is 16.8 Å². The first-order valence-corrected chi connectivity index (χ1v) is 9.48. The molecule has 30 heavy (non-hydrogen) atoms. The summed E-state index contributed by atoms with van der Waals surface area (Å²) < 4.78 is 19.5. The Kier molecular flexibility index (Phi) is 4.78. The highest BCUT2D eigenvalue weighted by molar-refractivity contribution is 6.51. The van der Waals surface area contributed by atoms with Crippen molar-refractivity contribution in [3.8, 4) is 0 Å². The molecular formula is C24H20FNO4. The van der Waals surface area contributed by atoms with Crippen LogP contribution in [0.4, 0.5) is 10.1 Å². The molecule has 1 aliphatic rings. The zero-order valence-electron chi connectivity index (χ0n) is 16.8. The number of rotatable bonds is 3. The number of amides is 1. The Labute approximate surface area is 173 Å². The SMILES string of the molecule is Cc1cccc(N2C(=O)C(=O)/C(=C(\O)c3ccc(F)c(C)c3)C2c2ccc(C)o2)c1. The van der Waals surface area contributed by atoms with Crippen LogP contribution in [0.2, 0.25) is 0 Å². The second kappa shape index (κ2) is 7.30. The standard InChI is InChI=1S/C24H20FNO4/c1-13-5-4-6-17(11-13)26-21(19-10-7-15(3)30-19)20(23(28)24(26)29)22(27)16-8-9-18(25)14(2)12-16/h4-12,21,27H,1-3H3/b22-20-. The molecule has 1 unspecified atom stereocenters. The highest BCUT2D eigenvalue weighted by Gasteiger charge is 2.48. The van der Waals surface area contributed by atoms with Crippen LogP contribution >= 0.6 is 0 Å². The van der Waals surface area contributed by atoms with Crippen molar-refractivity contribution in [3.63, 3.8) is 0 Å². The number of aliphatic hydroxyl groups excluding tert-OH is 1. The van der Waals surface area contributed by atoms with Gasteiger partial charge in [0.05, 0.1) is 5.57 Å². The summed E-state index contributed by atoms with van der Waals surface area (Å²) in [6.07, 6.45) is 0. The van der Waals surface area contributed by atoms with Crippen LogP contribution < -0.4 is 4.90 Å². The smallest absolute Gasteiger partial charge is 0.300 e. The van der Waals surface area contributed by atoms with Gasteiger partial charge in [-0.05, 0) is 74.4 Å². The van der Waals surface area contributed by atoms with Crippen molar-refractivity contribution in [1.82, 2.24) is 0 Å². The van der Waals surface area contributed by atoms with Crippen molar-refractivity contribution < 1.29 is 23.5 Å². The Balaban J connectivity index is 1.95. The van der Waals surface area contributed by atoms with Crippen LogP contribution in [0.15, 0.2) is 64.6 Å². The molecule has 0 saturated carbocycles. The first-order chi connectivity index (χ1) is 14.3. The number of hydrogen-bond acceptors (Lipinski definition) is 4. The molecule has 1 aliphatic heterocycles. The quantitative estimate of drug-likeness (QED) is 0.379. The van der Waals surface area contributed by atoms with E-state index in [9.17, 15) is 19.1 Å². The van der Waals surface area contributed by atoms with Crippen molar-refractivity contribution in [1.29, 1.82) is 0 Å². The number of hydrogen-bond donors (Lipinski definition) is 1. The lowest BCUT2D eigenvalue weighted by Crippen LogP contribution is -2.29. The Hall–Kier alpha value is -3.67. The van der Waals surface area contributed by atoms with Crippen LogP contribution in [0, 0.1) is 26.6 Å². The molecule has 4 rings (SSSR count). The fourth-order valence-electron chi connectivity index (χ4n) is 3.69. The summed E-state index contributed by atoms with van der Waals surface area (Å²) in [5.74, 6) is -1.42. The number of carbonyl (C=O) groups is 2. The first kappa shape index (κ1) is 19.6. The number of Topliss-reactive ketones (excluding diaryl/α,β-unsaturated/α-hetero) is 1. The van der Waals surface area contributed by atoms with Crippen LogP contribution in [0.3, 0.4) is 0 Å². The van der Waals surface area contributed by atoms with Crippen molar-refractivity contribution in [2.45, 2.75) is 26.8 Å². The van der Waals surface area contributed by atoms with E-state index in [1.807, 2.05) is 13.0 Å². The van der Waals surface area contributed by atoms with E-state index in [2.05, 4.69) is 0 Å². The van der Waals surface area contributed by atoms with Gasteiger partial charge in [-0.2, -0.15) is 0 Å². The predicted molar refractivity (Wildman–Crippen MR) is 111 cm³/mol. The average molecular weight is 405 g/mol. The molecule has 2 heterocycles. The van der Waals surface area contributed by atoms with Gasteiger partial charge in [-0.25, -0.2) is 4.39 Å². The third-order valence-corrected chi connectivity index (χ3v) is 5.19. The van der Waals surface area contributed by atoms with Crippen molar-refractivity contribution >= 4 is 23.1 Å². The number of furan rings is 1. The largest absolute Gasteiger partial charge is 0.507 e. The number of nitrogens with zero attached hydrogens (tertiary/aromatic N) is 1. The minimum atomic E-state index is -0.939. The van der Waals surface area contributed by atoms with Gasteiger partial charge in [-0.15, -0.1) is 0 Å². The number of halogens is 1. The molecule has 1 N–H and O–H groups in total. The van der Waals surface area contributed by atoms with Gasteiger partial charge in [-0.1, -0.05) is 12.1 Å². The van der Waals surface area contributed by atoms with Crippen molar-refractivity contribution in [2.24, 2.45) is 0 Å².